The lowest BCUT2D eigenvalue weighted by atomic mass is 9.98. The molecule has 1 aromatic carbocycles. The highest BCUT2D eigenvalue weighted by atomic mass is 79.9. The van der Waals surface area contributed by atoms with Gasteiger partial charge in [-0.1, -0.05) is 15.9 Å². The van der Waals surface area contributed by atoms with Crippen molar-refractivity contribution in [2.24, 2.45) is 5.92 Å². The Kier molecular flexibility index (Phi) is 6.21. The molecule has 1 amide bonds. The molecule has 10 heteroatoms. The van der Waals surface area contributed by atoms with Crippen molar-refractivity contribution in [1.82, 2.24) is 13.9 Å². The van der Waals surface area contributed by atoms with Crippen molar-refractivity contribution in [3.8, 4) is 0 Å². The molecule has 1 atom stereocenters. The second kappa shape index (κ2) is 8.30. The van der Waals surface area contributed by atoms with E-state index in [2.05, 4.69) is 26.2 Å². The van der Waals surface area contributed by atoms with Crippen LogP contribution in [0.3, 0.4) is 0 Å². The topological polar surface area (TPSA) is 84.3 Å². The Morgan fingerprint density at radius 3 is 2.79 bits per heavy atom. The van der Waals surface area contributed by atoms with Crippen molar-refractivity contribution >= 4 is 37.5 Å². The summed E-state index contributed by atoms with van der Waals surface area (Å²) in [7, 11) is -3.79. The zero-order valence-electron chi connectivity index (χ0n) is 15.6. The van der Waals surface area contributed by atoms with Crippen LogP contribution in [0.5, 0.6) is 0 Å². The molecule has 0 radical (unpaired) electrons. The minimum atomic E-state index is -3.79. The third-order valence-electron chi connectivity index (χ3n) is 4.72. The van der Waals surface area contributed by atoms with Gasteiger partial charge in [-0.25, -0.2) is 17.8 Å². The number of benzene rings is 1. The van der Waals surface area contributed by atoms with Crippen LogP contribution in [0.15, 0.2) is 40.2 Å². The molecule has 1 aliphatic rings. The van der Waals surface area contributed by atoms with Gasteiger partial charge >= 0.3 is 0 Å². The van der Waals surface area contributed by atoms with Gasteiger partial charge in [0.1, 0.15) is 5.82 Å². The predicted molar refractivity (Wildman–Crippen MR) is 107 cm³/mol. The third-order valence-corrected chi connectivity index (χ3v) is 6.97. The van der Waals surface area contributed by atoms with Crippen molar-refractivity contribution < 1.29 is 17.6 Å². The number of anilines is 1. The van der Waals surface area contributed by atoms with E-state index in [9.17, 15) is 17.6 Å². The van der Waals surface area contributed by atoms with Crippen LogP contribution in [-0.2, 0) is 14.8 Å². The van der Waals surface area contributed by atoms with E-state index in [1.165, 1.54) is 29.0 Å². The van der Waals surface area contributed by atoms with Gasteiger partial charge in [0, 0.05) is 29.8 Å². The van der Waals surface area contributed by atoms with E-state index in [1.807, 2.05) is 13.8 Å². The summed E-state index contributed by atoms with van der Waals surface area (Å²) >= 11 is 3.17. The molecule has 152 valence electrons. The molecular formula is C18H22BrFN4O3S. The SMILES string of the molecule is CC(C)n1cnc(S(=O)(=O)N2CCCC(C(=O)Nc3ccc(Br)cc3F)C2)c1. The van der Waals surface area contributed by atoms with Crippen LogP contribution in [0, 0.1) is 11.7 Å². The van der Waals surface area contributed by atoms with E-state index in [0.29, 0.717) is 23.9 Å². The van der Waals surface area contributed by atoms with Crippen LogP contribution in [0.1, 0.15) is 32.7 Å². The summed E-state index contributed by atoms with van der Waals surface area (Å²) in [5.74, 6) is -1.50. The molecule has 3 rings (SSSR count). The van der Waals surface area contributed by atoms with Crippen LogP contribution >= 0.6 is 15.9 Å². The lowest BCUT2D eigenvalue weighted by Gasteiger charge is -2.30. The molecule has 0 aliphatic carbocycles. The monoisotopic (exact) mass is 472 g/mol. The molecule has 28 heavy (non-hydrogen) atoms. The summed E-state index contributed by atoms with van der Waals surface area (Å²) in [5, 5.41) is 2.54. The molecule has 1 saturated heterocycles. The summed E-state index contributed by atoms with van der Waals surface area (Å²) in [5.41, 5.74) is 0.0730. The average molecular weight is 473 g/mol. The number of sulfonamides is 1. The Labute approximate surface area is 172 Å². The number of hydrogen-bond acceptors (Lipinski definition) is 4. The number of amides is 1. The fourth-order valence-electron chi connectivity index (χ4n) is 3.07. The molecule has 2 aromatic rings. The average Bonchev–Trinajstić information content (AvgIpc) is 3.15. The maximum atomic E-state index is 14.0. The first-order valence-corrected chi connectivity index (χ1v) is 11.2. The van der Waals surface area contributed by atoms with Crippen LogP contribution in [0.2, 0.25) is 0 Å². The van der Waals surface area contributed by atoms with Crippen molar-refractivity contribution in [2.75, 3.05) is 18.4 Å². The Balaban J connectivity index is 1.72. The second-order valence-corrected chi connectivity index (χ2v) is 9.87. The number of carbonyl (C=O) groups excluding carboxylic acids is 1. The van der Waals surface area contributed by atoms with E-state index in [-0.39, 0.29) is 23.3 Å². The number of rotatable bonds is 5. The van der Waals surface area contributed by atoms with Crippen molar-refractivity contribution in [1.29, 1.82) is 0 Å². The second-order valence-electron chi connectivity index (χ2n) is 7.07. The lowest BCUT2D eigenvalue weighted by molar-refractivity contribution is -0.120. The van der Waals surface area contributed by atoms with E-state index >= 15 is 0 Å². The standard InChI is InChI=1S/C18H22BrFN4O3S/c1-12(2)23-10-17(21-11-23)28(26,27)24-7-3-4-13(9-24)18(25)22-16-6-5-14(19)8-15(16)20/h5-6,8,10-13H,3-4,7,9H2,1-2H3,(H,22,25). The minimum Gasteiger partial charge on any atom is -0.334 e. The molecule has 1 unspecified atom stereocenters. The van der Waals surface area contributed by atoms with E-state index in [0.717, 1.165) is 0 Å². The van der Waals surface area contributed by atoms with Gasteiger partial charge in [-0.05, 0) is 44.9 Å². The van der Waals surface area contributed by atoms with Gasteiger partial charge in [0.25, 0.3) is 10.0 Å². The Morgan fingerprint density at radius 1 is 1.39 bits per heavy atom. The first-order chi connectivity index (χ1) is 13.2. The van der Waals surface area contributed by atoms with Gasteiger partial charge in [0.2, 0.25) is 5.91 Å². The fraction of sp³-hybridized carbons (Fsp3) is 0.444. The van der Waals surface area contributed by atoms with Gasteiger partial charge in [0.05, 0.1) is 17.9 Å². The number of halogens is 2. The molecule has 0 bridgehead atoms. The van der Waals surface area contributed by atoms with Crippen LogP contribution in [-0.4, -0.2) is 41.3 Å². The Bertz CT molecular complexity index is 977. The van der Waals surface area contributed by atoms with Crippen LogP contribution in [0.25, 0.3) is 0 Å². The molecule has 0 spiro atoms. The summed E-state index contributed by atoms with van der Waals surface area (Å²) in [4.78, 5) is 16.6. The van der Waals surface area contributed by atoms with Gasteiger partial charge in [-0.3, -0.25) is 4.79 Å². The Hall–Kier alpha value is -1.78. The highest BCUT2D eigenvalue weighted by Crippen LogP contribution is 2.26. The molecule has 1 aliphatic heterocycles. The summed E-state index contributed by atoms with van der Waals surface area (Å²) in [6.45, 7) is 4.23. The highest BCUT2D eigenvalue weighted by Gasteiger charge is 2.34. The number of hydrogen-bond donors (Lipinski definition) is 1. The zero-order chi connectivity index (χ0) is 20.5. The van der Waals surface area contributed by atoms with E-state index in [1.54, 1.807) is 10.6 Å². The van der Waals surface area contributed by atoms with Crippen molar-refractivity contribution in [2.45, 2.75) is 37.8 Å². The normalized spacial score (nSPS) is 18.4. The van der Waals surface area contributed by atoms with Gasteiger partial charge in [-0.2, -0.15) is 4.31 Å². The molecule has 2 heterocycles. The molecule has 1 fully saturated rings. The molecule has 1 aromatic heterocycles. The first kappa shape index (κ1) is 20.9. The van der Waals surface area contributed by atoms with Crippen molar-refractivity contribution in [3.63, 3.8) is 0 Å². The fourth-order valence-corrected chi connectivity index (χ4v) is 4.84. The van der Waals surface area contributed by atoms with E-state index < -0.39 is 27.7 Å². The lowest BCUT2D eigenvalue weighted by Crippen LogP contribution is -2.43. The number of aromatic nitrogens is 2. The van der Waals surface area contributed by atoms with E-state index in [4.69, 9.17) is 0 Å². The Morgan fingerprint density at radius 2 is 2.14 bits per heavy atom. The number of nitrogens with zero attached hydrogens (tertiary/aromatic N) is 3. The van der Waals surface area contributed by atoms with Gasteiger partial charge < -0.3 is 9.88 Å². The first-order valence-electron chi connectivity index (χ1n) is 8.98. The molecule has 7 nitrogen and oxygen atoms in total. The molecular weight excluding hydrogens is 451 g/mol. The van der Waals surface area contributed by atoms with Gasteiger partial charge in [0.15, 0.2) is 5.03 Å². The van der Waals surface area contributed by atoms with Crippen molar-refractivity contribution in [3.05, 3.63) is 41.0 Å². The molecule has 1 N–H and O–H groups in total. The zero-order valence-corrected chi connectivity index (χ0v) is 18.0. The van der Waals surface area contributed by atoms with Gasteiger partial charge in [-0.15, -0.1) is 0 Å². The summed E-state index contributed by atoms with van der Waals surface area (Å²) in [6, 6.07) is 4.45. The maximum absolute atomic E-state index is 14.0. The third kappa shape index (κ3) is 4.44. The maximum Gasteiger partial charge on any atom is 0.262 e. The highest BCUT2D eigenvalue weighted by molar-refractivity contribution is 9.10. The summed E-state index contributed by atoms with van der Waals surface area (Å²) in [6.07, 6.45) is 4.07. The van der Waals surface area contributed by atoms with Crippen LogP contribution in [0.4, 0.5) is 10.1 Å². The largest absolute Gasteiger partial charge is 0.334 e. The predicted octanol–water partition coefficient (Wildman–Crippen LogP) is 3.41. The number of carbonyl (C=O) groups is 1. The number of nitrogens with one attached hydrogen (secondary N) is 1. The molecule has 0 saturated carbocycles. The quantitative estimate of drug-likeness (QED) is 0.722. The number of imidazole rings is 1. The number of piperidine rings is 1. The summed E-state index contributed by atoms with van der Waals surface area (Å²) < 4.78 is 43.3. The minimum absolute atomic E-state index is 0.0267. The van der Waals surface area contributed by atoms with Crippen LogP contribution < -0.4 is 5.32 Å². The smallest absolute Gasteiger partial charge is 0.262 e.